The van der Waals surface area contributed by atoms with Crippen molar-refractivity contribution in [2.45, 2.75) is 13.8 Å². The van der Waals surface area contributed by atoms with Gasteiger partial charge in [0.1, 0.15) is 0 Å². The third kappa shape index (κ3) is 4.24. The minimum Gasteiger partial charge on any atom is -0.376 e. The number of aromatic nitrogens is 4. The van der Waals surface area contributed by atoms with Crippen LogP contribution in [0.4, 0.5) is 17.1 Å². The van der Waals surface area contributed by atoms with E-state index in [1.165, 1.54) is 18.2 Å². The zero-order chi connectivity index (χ0) is 19.4. The molecule has 1 aromatic heterocycles. The Bertz CT molecular complexity index is 1000. The van der Waals surface area contributed by atoms with Crippen LogP contribution < -0.4 is 10.6 Å². The summed E-state index contributed by atoms with van der Waals surface area (Å²) in [5.41, 5.74) is 2.64. The summed E-state index contributed by atoms with van der Waals surface area (Å²) in [6.45, 7) is 3.53. The Hall–Kier alpha value is -3.82. The molecule has 2 N–H and O–H groups in total. The van der Waals surface area contributed by atoms with Gasteiger partial charge in [0.15, 0.2) is 5.82 Å². The van der Waals surface area contributed by atoms with E-state index in [1.807, 2.05) is 24.3 Å². The number of amides is 1. The number of anilines is 2. The molecule has 1 amide bonds. The fourth-order valence-electron chi connectivity index (χ4n) is 2.50. The van der Waals surface area contributed by atoms with Crippen LogP contribution in [-0.4, -0.2) is 37.6 Å². The molecule has 0 aliphatic carbocycles. The number of nitrogens with one attached hydrogen (secondary N) is 2. The summed E-state index contributed by atoms with van der Waals surface area (Å²) in [5, 5.41) is 27.9. The van der Waals surface area contributed by atoms with Crippen molar-refractivity contribution in [2.75, 3.05) is 17.2 Å². The first-order valence-electron chi connectivity index (χ1n) is 8.08. The Balaban J connectivity index is 1.63. The number of tetrazole rings is 1. The van der Waals surface area contributed by atoms with E-state index in [0.29, 0.717) is 17.1 Å². The molecule has 138 valence electrons. The third-order valence-electron chi connectivity index (χ3n) is 3.86. The summed E-state index contributed by atoms with van der Waals surface area (Å²) in [6, 6.07) is 11.6. The van der Waals surface area contributed by atoms with E-state index < -0.39 is 4.92 Å². The molecule has 10 heteroatoms. The molecule has 0 spiro atoms. The summed E-state index contributed by atoms with van der Waals surface area (Å²) >= 11 is 0. The predicted octanol–water partition coefficient (Wildman–Crippen LogP) is 2.24. The number of nitro groups is 1. The fourth-order valence-corrected chi connectivity index (χ4v) is 2.50. The van der Waals surface area contributed by atoms with Crippen LogP contribution in [0.25, 0.3) is 5.69 Å². The van der Waals surface area contributed by atoms with Gasteiger partial charge in [0.2, 0.25) is 5.91 Å². The maximum atomic E-state index is 12.2. The van der Waals surface area contributed by atoms with Gasteiger partial charge in [0, 0.05) is 23.5 Å². The number of benzene rings is 2. The highest BCUT2D eigenvalue weighted by atomic mass is 16.6. The molecule has 0 atom stereocenters. The van der Waals surface area contributed by atoms with Gasteiger partial charge in [0.25, 0.3) is 5.69 Å². The number of hydrogen-bond acceptors (Lipinski definition) is 7. The van der Waals surface area contributed by atoms with Gasteiger partial charge in [-0.3, -0.25) is 14.9 Å². The van der Waals surface area contributed by atoms with Crippen molar-refractivity contribution in [1.29, 1.82) is 0 Å². The van der Waals surface area contributed by atoms with Gasteiger partial charge in [-0.05, 0) is 54.1 Å². The Morgan fingerprint density at radius 2 is 2.04 bits per heavy atom. The molecular formula is C17H17N7O3. The summed E-state index contributed by atoms with van der Waals surface area (Å²) in [7, 11) is 0. The summed E-state index contributed by atoms with van der Waals surface area (Å²) in [5.74, 6) is 0.384. The lowest BCUT2D eigenvalue weighted by Gasteiger charge is -2.11. The average Bonchev–Trinajstić information content (AvgIpc) is 3.08. The molecule has 2 aromatic carbocycles. The van der Waals surface area contributed by atoms with E-state index in [-0.39, 0.29) is 18.1 Å². The third-order valence-corrected chi connectivity index (χ3v) is 3.86. The monoisotopic (exact) mass is 367 g/mol. The zero-order valence-corrected chi connectivity index (χ0v) is 14.7. The van der Waals surface area contributed by atoms with Crippen LogP contribution in [-0.2, 0) is 4.79 Å². The van der Waals surface area contributed by atoms with Gasteiger partial charge in [-0.15, -0.1) is 5.10 Å². The molecule has 0 radical (unpaired) electrons. The van der Waals surface area contributed by atoms with Gasteiger partial charge in [0.05, 0.1) is 17.2 Å². The van der Waals surface area contributed by atoms with Crippen LogP contribution in [0, 0.1) is 24.0 Å². The number of rotatable bonds is 6. The maximum absolute atomic E-state index is 12.2. The number of nitrogens with zero attached hydrogens (tertiary/aromatic N) is 5. The fraction of sp³-hybridized carbons (Fsp3) is 0.176. The summed E-state index contributed by atoms with van der Waals surface area (Å²) in [6.07, 6.45) is 0. The van der Waals surface area contributed by atoms with E-state index in [0.717, 1.165) is 11.4 Å². The van der Waals surface area contributed by atoms with Gasteiger partial charge in [-0.2, -0.15) is 4.68 Å². The number of carbonyl (C=O) groups is 1. The quantitative estimate of drug-likeness (QED) is 0.505. The number of carbonyl (C=O) groups excluding carboxylic acids is 1. The Labute approximate surface area is 154 Å². The van der Waals surface area contributed by atoms with E-state index >= 15 is 0 Å². The Morgan fingerprint density at radius 1 is 1.22 bits per heavy atom. The molecule has 0 saturated carbocycles. The first-order chi connectivity index (χ1) is 12.9. The van der Waals surface area contributed by atoms with E-state index in [9.17, 15) is 14.9 Å². The molecule has 1 heterocycles. The predicted molar refractivity (Wildman–Crippen MR) is 98.8 cm³/mol. The number of non-ortho nitro benzene ring substituents is 1. The highest BCUT2D eigenvalue weighted by Gasteiger charge is 2.10. The Kier molecular flexibility index (Phi) is 5.06. The molecule has 0 fully saturated rings. The standard InChI is InChI=1S/C17H17N7O3/c1-11-8-15(24(26)27)6-7-16(11)19-17(25)10-18-13-4-3-5-14(9-13)23-12(2)20-21-22-23/h3-9,18H,10H2,1-2H3,(H,19,25). The van der Waals surface area contributed by atoms with Gasteiger partial charge in [-0.25, -0.2) is 0 Å². The molecule has 0 saturated heterocycles. The minimum absolute atomic E-state index is 0.0154. The number of nitro benzene ring substituents is 1. The molecule has 0 unspecified atom stereocenters. The van der Waals surface area contributed by atoms with Crippen molar-refractivity contribution >= 4 is 23.0 Å². The summed E-state index contributed by atoms with van der Waals surface area (Å²) in [4.78, 5) is 22.5. The van der Waals surface area contributed by atoms with Crippen LogP contribution in [0.3, 0.4) is 0 Å². The van der Waals surface area contributed by atoms with Crippen molar-refractivity contribution in [2.24, 2.45) is 0 Å². The van der Waals surface area contributed by atoms with Crippen molar-refractivity contribution in [1.82, 2.24) is 20.2 Å². The van der Waals surface area contributed by atoms with Crippen LogP contribution in [0.15, 0.2) is 42.5 Å². The first kappa shape index (κ1) is 18.0. The second kappa shape index (κ2) is 7.60. The lowest BCUT2D eigenvalue weighted by molar-refractivity contribution is -0.384. The normalized spacial score (nSPS) is 10.4. The molecule has 10 nitrogen and oxygen atoms in total. The Morgan fingerprint density at radius 3 is 2.70 bits per heavy atom. The van der Waals surface area contributed by atoms with E-state index in [4.69, 9.17) is 0 Å². The van der Waals surface area contributed by atoms with Gasteiger partial charge < -0.3 is 10.6 Å². The molecule has 0 bridgehead atoms. The highest BCUT2D eigenvalue weighted by Crippen LogP contribution is 2.21. The van der Waals surface area contributed by atoms with Crippen LogP contribution >= 0.6 is 0 Å². The van der Waals surface area contributed by atoms with Crippen LogP contribution in [0.2, 0.25) is 0 Å². The number of aryl methyl sites for hydroxylation is 2. The van der Waals surface area contributed by atoms with Crippen molar-refractivity contribution < 1.29 is 9.72 Å². The molecule has 0 aliphatic rings. The second-order valence-electron chi connectivity index (χ2n) is 5.85. The van der Waals surface area contributed by atoms with Gasteiger partial charge in [-0.1, -0.05) is 6.07 Å². The molecule has 3 rings (SSSR count). The topological polar surface area (TPSA) is 128 Å². The summed E-state index contributed by atoms with van der Waals surface area (Å²) < 4.78 is 1.59. The van der Waals surface area contributed by atoms with E-state index in [1.54, 1.807) is 18.5 Å². The molecule has 3 aromatic rings. The zero-order valence-electron chi connectivity index (χ0n) is 14.7. The second-order valence-corrected chi connectivity index (χ2v) is 5.85. The average molecular weight is 367 g/mol. The molecule has 0 aliphatic heterocycles. The maximum Gasteiger partial charge on any atom is 0.269 e. The lowest BCUT2D eigenvalue weighted by atomic mass is 10.2. The highest BCUT2D eigenvalue weighted by molar-refractivity contribution is 5.94. The molecular weight excluding hydrogens is 350 g/mol. The largest absolute Gasteiger partial charge is 0.376 e. The smallest absolute Gasteiger partial charge is 0.269 e. The van der Waals surface area contributed by atoms with Gasteiger partial charge >= 0.3 is 0 Å². The van der Waals surface area contributed by atoms with Crippen molar-refractivity contribution in [3.8, 4) is 5.69 Å². The number of hydrogen-bond donors (Lipinski definition) is 2. The first-order valence-corrected chi connectivity index (χ1v) is 8.08. The SMILES string of the molecule is Cc1cc([N+](=O)[O-])ccc1NC(=O)CNc1cccc(-n2nnnc2C)c1. The van der Waals surface area contributed by atoms with Crippen LogP contribution in [0.1, 0.15) is 11.4 Å². The minimum atomic E-state index is -0.473. The van der Waals surface area contributed by atoms with Crippen LogP contribution in [0.5, 0.6) is 0 Å². The molecule has 27 heavy (non-hydrogen) atoms. The van der Waals surface area contributed by atoms with Crippen molar-refractivity contribution in [3.05, 3.63) is 64.0 Å². The lowest BCUT2D eigenvalue weighted by Crippen LogP contribution is -2.22. The van der Waals surface area contributed by atoms with E-state index in [2.05, 4.69) is 26.2 Å². The van der Waals surface area contributed by atoms with Crippen molar-refractivity contribution in [3.63, 3.8) is 0 Å².